The van der Waals surface area contributed by atoms with Gasteiger partial charge in [-0.15, -0.1) is 0 Å². The Bertz CT molecular complexity index is 399. The van der Waals surface area contributed by atoms with Gasteiger partial charge in [0.2, 0.25) is 5.91 Å². The Labute approximate surface area is 86.2 Å². The first-order valence-corrected chi connectivity index (χ1v) is 4.67. The molecule has 2 heterocycles. The summed E-state index contributed by atoms with van der Waals surface area (Å²) in [5, 5.41) is 2.55. The van der Waals surface area contributed by atoms with Crippen molar-refractivity contribution in [2.45, 2.75) is 26.0 Å². The van der Waals surface area contributed by atoms with Gasteiger partial charge >= 0.3 is 6.09 Å². The van der Waals surface area contributed by atoms with Gasteiger partial charge in [-0.1, -0.05) is 0 Å². The van der Waals surface area contributed by atoms with Crippen LogP contribution in [0.3, 0.4) is 0 Å². The van der Waals surface area contributed by atoms with Crippen molar-refractivity contribution in [3.8, 4) is 0 Å². The van der Waals surface area contributed by atoms with Gasteiger partial charge in [0.25, 0.3) is 0 Å². The Kier molecular flexibility index (Phi) is 2.40. The molecule has 0 aromatic carbocycles. The molecule has 1 aliphatic rings. The molecule has 1 atom stereocenters. The zero-order valence-corrected chi connectivity index (χ0v) is 8.27. The van der Waals surface area contributed by atoms with Crippen molar-refractivity contribution in [1.29, 1.82) is 0 Å². The monoisotopic (exact) mass is 209 g/mol. The van der Waals surface area contributed by atoms with Crippen LogP contribution in [0.15, 0.2) is 12.4 Å². The largest absolute Gasteiger partial charge is 0.425 e. The van der Waals surface area contributed by atoms with Gasteiger partial charge in [0.05, 0.1) is 0 Å². The predicted octanol–water partition coefficient (Wildman–Crippen LogP) is 0.412. The predicted molar refractivity (Wildman–Crippen MR) is 50.0 cm³/mol. The third-order valence-corrected chi connectivity index (χ3v) is 2.22. The van der Waals surface area contributed by atoms with E-state index in [0.717, 1.165) is 0 Å². The molecule has 0 aliphatic carbocycles. The molecular weight excluding hydrogens is 198 g/mol. The number of hydrogen-bond acceptors (Lipinski definition) is 4. The van der Waals surface area contributed by atoms with Crippen molar-refractivity contribution in [3.63, 3.8) is 0 Å². The summed E-state index contributed by atoms with van der Waals surface area (Å²) in [5.74, 6) is 0.472. The SMILES string of the molecule is Cc1nccn1C(=O)O[C@H]1CCC(=O)N1. The number of rotatable bonds is 1. The Balaban J connectivity index is 1.98. The highest BCUT2D eigenvalue weighted by atomic mass is 16.6. The van der Waals surface area contributed by atoms with Crippen LogP contribution in [0.2, 0.25) is 0 Å². The maximum Gasteiger partial charge on any atom is 0.421 e. The first-order chi connectivity index (χ1) is 7.16. The number of nitrogens with one attached hydrogen (secondary N) is 1. The average molecular weight is 209 g/mol. The highest BCUT2D eigenvalue weighted by Crippen LogP contribution is 2.09. The molecule has 0 bridgehead atoms. The van der Waals surface area contributed by atoms with Crippen LogP contribution in [0.1, 0.15) is 18.7 Å². The van der Waals surface area contributed by atoms with Crippen molar-refractivity contribution < 1.29 is 14.3 Å². The van der Waals surface area contributed by atoms with Crippen molar-refractivity contribution in [2.24, 2.45) is 0 Å². The van der Waals surface area contributed by atoms with Crippen molar-refractivity contribution in [3.05, 3.63) is 18.2 Å². The van der Waals surface area contributed by atoms with E-state index in [4.69, 9.17) is 4.74 Å². The number of nitrogens with zero attached hydrogens (tertiary/aromatic N) is 2. The van der Waals surface area contributed by atoms with Gasteiger partial charge in [0.1, 0.15) is 5.82 Å². The summed E-state index contributed by atoms with van der Waals surface area (Å²) >= 11 is 0. The van der Waals surface area contributed by atoms with Crippen LogP contribution in [-0.4, -0.2) is 27.8 Å². The van der Waals surface area contributed by atoms with Gasteiger partial charge in [-0.2, -0.15) is 0 Å². The van der Waals surface area contributed by atoms with Gasteiger partial charge < -0.3 is 10.1 Å². The number of ether oxygens (including phenoxy) is 1. The minimum absolute atomic E-state index is 0.0878. The topological polar surface area (TPSA) is 73.2 Å². The average Bonchev–Trinajstić information content (AvgIpc) is 2.75. The fourth-order valence-electron chi connectivity index (χ4n) is 1.42. The maximum atomic E-state index is 11.5. The summed E-state index contributed by atoms with van der Waals surface area (Å²) in [4.78, 5) is 26.3. The van der Waals surface area contributed by atoms with Crippen LogP contribution >= 0.6 is 0 Å². The third kappa shape index (κ3) is 1.98. The molecule has 1 aromatic rings. The molecule has 0 unspecified atom stereocenters. The van der Waals surface area contributed by atoms with Gasteiger partial charge in [-0.25, -0.2) is 14.3 Å². The summed E-state index contributed by atoms with van der Waals surface area (Å²) in [5.41, 5.74) is 0. The summed E-state index contributed by atoms with van der Waals surface area (Å²) in [6.07, 6.45) is 2.95. The number of carbonyl (C=O) groups excluding carboxylic acids is 2. The first-order valence-electron chi connectivity index (χ1n) is 4.67. The van der Waals surface area contributed by atoms with E-state index in [0.29, 0.717) is 18.7 Å². The summed E-state index contributed by atoms with van der Waals surface area (Å²) < 4.78 is 6.36. The Morgan fingerprint density at radius 3 is 3.07 bits per heavy atom. The molecule has 1 N–H and O–H groups in total. The van der Waals surface area contributed by atoms with Crippen molar-refractivity contribution in [2.75, 3.05) is 0 Å². The molecule has 1 aliphatic heterocycles. The molecule has 80 valence electrons. The molecule has 0 radical (unpaired) electrons. The second-order valence-electron chi connectivity index (χ2n) is 3.32. The molecule has 15 heavy (non-hydrogen) atoms. The van der Waals surface area contributed by atoms with Gasteiger partial charge in [0.15, 0.2) is 6.23 Å². The molecule has 1 aromatic heterocycles. The van der Waals surface area contributed by atoms with E-state index >= 15 is 0 Å². The fraction of sp³-hybridized carbons (Fsp3) is 0.444. The highest BCUT2D eigenvalue weighted by Gasteiger charge is 2.24. The van der Waals surface area contributed by atoms with E-state index in [1.165, 1.54) is 17.0 Å². The summed E-state index contributed by atoms with van der Waals surface area (Å²) in [7, 11) is 0. The van der Waals surface area contributed by atoms with Crippen LogP contribution in [0.4, 0.5) is 4.79 Å². The van der Waals surface area contributed by atoms with Crippen LogP contribution in [0.5, 0.6) is 0 Å². The van der Waals surface area contributed by atoms with E-state index < -0.39 is 12.3 Å². The van der Waals surface area contributed by atoms with Crippen LogP contribution < -0.4 is 5.32 Å². The molecule has 6 heteroatoms. The fourth-order valence-corrected chi connectivity index (χ4v) is 1.42. The Morgan fingerprint density at radius 1 is 1.73 bits per heavy atom. The number of hydrogen-bond donors (Lipinski definition) is 1. The minimum Gasteiger partial charge on any atom is -0.425 e. The number of carbonyl (C=O) groups is 2. The van der Waals surface area contributed by atoms with Crippen LogP contribution in [0.25, 0.3) is 0 Å². The second-order valence-corrected chi connectivity index (χ2v) is 3.32. The smallest absolute Gasteiger partial charge is 0.421 e. The lowest BCUT2D eigenvalue weighted by Gasteiger charge is -2.11. The lowest BCUT2D eigenvalue weighted by atomic mass is 10.3. The lowest BCUT2D eigenvalue weighted by Crippen LogP contribution is -2.32. The Morgan fingerprint density at radius 2 is 2.53 bits per heavy atom. The van der Waals surface area contributed by atoms with E-state index in [-0.39, 0.29) is 5.91 Å². The zero-order chi connectivity index (χ0) is 10.8. The van der Waals surface area contributed by atoms with Crippen LogP contribution in [-0.2, 0) is 9.53 Å². The molecule has 1 amide bonds. The molecule has 0 saturated carbocycles. The minimum atomic E-state index is -0.516. The van der Waals surface area contributed by atoms with Crippen molar-refractivity contribution >= 4 is 12.0 Å². The van der Waals surface area contributed by atoms with Crippen molar-refractivity contribution in [1.82, 2.24) is 14.9 Å². The molecule has 6 nitrogen and oxygen atoms in total. The lowest BCUT2D eigenvalue weighted by molar-refractivity contribution is -0.120. The quantitative estimate of drug-likeness (QED) is 0.727. The number of aryl methyl sites for hydroxylation is 1. The zero-order valence-electron chi connectivity index (χ0n) is 8.27. The van der Waals surface area contributed by atoms with E-state index in [1.54, 1.807) is 6.92 Å². The Hall–Kier alpha value is -1.85. The second kappa shape index (κ2) is 3.72. The van der Waals surface area contributed by atoms with E-state index in [2.05, 4.69) is 10.3 Å². The maximum absolute atomic E-state index is 11.5. The first kappa shape index (κ1) is 9.70. The standard InChI is InChI=1S/C9H11N3O3/c1-6-10-4-5-12(6)9(14)15-8-3-2-7(13)11-8/h4-5,8H,2-3H2,1H3,(H,11,13)/t8-/m0/s1. The molecule has 0 spiro atoms. The number of aromatic nitrogens is 2. The number of imidazole rings is 1. The summed E-state index contributed by atoms with van der Waals surface area (Å²) in [6.45, 7) is 1.70. The molecule has 2 rings (SSSR count). The highest BCUT2D eigenvalue weighted by molar-refractivity contribution is 5.79. The molecule has 1 fully saturated rings. The molecule has 1 saturated heterocycles. The third-order valence-electron chi connectivity index (χ3n) is 2.22. The van der Waals surface area contributed by atoms with Gasteiger partial charge in [-0.05, 0) is 6.92 Å². The van der Waals surface area contributed by atoms with E-state index in [1.807, 2.05) is 0 Å². The number of amides is 1. The van der Waals surface area contributed by atoms with Crippen LogP contribution in [0, 0.1) is 6.92 Å². The summed E-state index contributed by atoms with van der Waals surface area (Å²) in [6, 6.07) is 0. The van der Waals surface area contributed by atoms with Gasteiger partial charge in [0, 0.05) is 25.2 Å². The van der Waals surface area contributed by atoms with Gasteiger partial charge in [-0.3, -0.25) is 4.79 Å². The van der Waals surface area contributed by atoms with E-state index in [9.17, 15) is 9.59 Å². The normalized spacial score (nSPS) is 20.1. The molecular formula is C9H11N3O3.